The first-order valence-electron chi connectivity index (χ1n) is 6.52. The van der Waals surface area contributed by atoms with Crippen LogP contribution < -0.4 is 14.8 Å². The Hall–Kier alpha value is -1.38. The summed E-state index contributed by atoms with van der Waals surface area (Å²) in [7, 11) is 3.36. The van der Waals surface area contributed by atoms with E-state index in [2.05, 4.69) is 19.2 Å². The summed E-state index contributed by atoms with van der Waals surface area (Å²) in [5.74, 6) is 1.66. The van der Waals surface area contributed by atoms with Gasteiger partial charge in [0, 0.05) is 29.9 Å². The van der Waals surface area contributed by atoms with Gasteiger partial charge in [0.1, 0.15) is 11.5 Å². The van der Waals surface area contributed by atoms with E-state index < -0.39 is 0 Å². The number of ether oxygens (including phenoxy) is 2. The third kappa shape index (κ3) is 3.09. The minimum absolute atomic E-state index is 0.459. The Bertz CT molecular complexity index is 393. The molecule has 0 bridgehead atoms. The number of methoxy groups -OCH3 is 2. The molecule has 0 aliphatic heterocycles. The van der Waals surface area contributed by atoms with Crippen molar-refractivity contribution < 1.29 is 9.47 Å². The van der Waals surface area contributed by atoms with Gasteiger partial charge in [-0.25, -0.2) is 0 Å². The molecular weight excluding hydrogens is 226 g/mol. The normalized spacial score (nSPS) is 21.7. The van der Waals surface area contributed by atoms with Crippen LogP contribution in [0.4, 0.5) is 5.69 Å². The smallest absolute Gasteiger partial charge is 0.124 e. The van der Waals surface area contributed by atoms with Gasteiger partial charge in [-0.15, -0.1) is 0 Å². The standard InChI is InChI=1S/C15H23NO2/c1-15(2)6-5-11(10-15)16-12-7-13(17-3)9-14(8-12)18-4/h7-9,11,16H,5-6,10H2,1-4H3. The van der Waals surface area contributed by atoms with E-state index >= 15 is 0 Å². The highest BCUT2D eigenvalue weighted by Gasteiger charge is 2.30. The van der Waals surface area contributed by atoms with Crippen LogP contribution in [0.2, 0.25) is 0 Å². The summed E-state index contributed by atoms with van der Waals surface area (Å²) >= 11 is 0. The molecule has 2 rings (SSSR count). The Morgan fingerprint density at radius 1 is 1.11 bits per heavy atom. The SMILES string of the molecule is COc1cc(NC2CCC(C)(C)C2)cc(OC)c1. The average Bonchev–Trinajstić information content (AvgIpc) is 2.68. The Labute approximate surface area is 109 Å². The molecule has 1 atom stereocenters. The molecule has 18 heavy (non-hydrogen) atoms. The molecule has 1 aromatic rings. The number of hydrogen-bond acceptors (Lipinski definition) is 3. The fourth-order valence-electron chi connectivity index (χ4n) is 2.69. The van der Waals surface area contributed by atoms with Gasteiger partial charge in [0.05, 0.1) is 14.2 Å². The van der Waals surface area contributed by atoms with E-state index in [0.717, 1.165) is 17.2 Å². The van der Waals surface area contributed by atoms with Gasteiger partial charge in [-0.1, -0.05) is 13.8 Å². The van der Waals surface area contributed by atoms with Crippen molar-refractivity contribution in [3.8, 4) is 11.5 Å². The third-order valence-electron chi connectivity index (χ3n) is 3.69. The van der Waals surface area contributed by atoms with E-state index in [9.17, 15) is 0 Å². The van der Waals surface area contributed by atoms with Crippen molar-refractivity contribution in [2.45, 2.75) is 39.2 Å². The second kappa shape index (κ2) is 5.09. The molecule has 0 amide bonds. The van der Waals surface area contributed by atoms with Crippen LogP contribution in [0.5, 0.6) is 11.5 Å². The lowest BCUT2D eigenvalue weighted by molar-refractivity contribution is 0.378. The number of rotatable bonds is 4. The summed E-state index contributed by atoms with van der Waals surface area (Å²) in [5, 5.41) is 3.59. The van der Waals surface area contributed by atoms with Crippen molar-refractivity contribution >= 4 is 5.69 Å². The molecule has 0 radical (unpaired) electrons. The zero-order chi connectivity index (χ0) is 13.2. The van der Waals surface area contributed by atoms with Gasteiger partial charge in [0.2, 0.25) is 0 Å². The molecule has 0 spiro atoms. The second-order valence-corrected chi connectivity index (χ2v) is 5.85. The van der Waals surface area contributed by atoms with Crippen molar-refractivity contribution in [1.29, 1.82) is 0 Å². The molecule has 3 heteroatoms. The molecule has 1 aliphatic rings. The molecule has 1 aliphatic carbocycles. The maximum atomic E-state index is 5.28. The van der Waals surface area contributed by atoms with Crippen molar-refractivity contribution in [3.63, 3.8) is 0 Å². The quantitative estimate of drug-likeness (QED) is 0.882. The number of hydrogen-bond donors (Lipinski definition) is 1. The Kier molecular flexibility index (Phi) is 3.69. The van der Waals surface area contributed by atoms with Crippen molar-refractivity contribution in [2.24, 2.45) is 5.41 Å². The summed E-state index contributed by atoms with van der Waals surface area (Å²) in [4.78, 5) is 0. The minimum Gasteiger partial charge on any atom is -0.497 e. The van der Waals surface area contributed by atoms with Crippen LogP contribution >= 0.6 is 0 Å². The average molecular weight is 249 g/mol. The zero-order valence-electron chi connectivity index (χ0n) is 11.7. The lowest BCUT2D eigenvalue weighted by Crippen LogP contribution is -2.17. The molecule has 1 aromatic carbocycles. The summed E-state index contributed by atoms with van der Waals surface area (Å²) in [6.45, 7) is 4.67. The van der Waals surface area contributed by atoms with Crippen LogP contribution in [0.15, 0.2) is 18.2 Å². The van der Waals surface area contributed by atoms with Gasteiger partial charge in [0.15, 0.2) is 0 Å². The van der Waals surface area contributed by atoms with E-state index in [4.69, 9.17) is 9.47 Å². The van der Waals surface area contributed by atoms with Crippen LogP contribution in [-0.2, 0) is 0 Å². The van der Waals surface area contributed by atoms with Crippen LogP contribution in [-0.4, -0.2) is 20.3 Å². The highest BCUT2D eigenvalue weighted by Crippen LogP contribution is 2.39. The maximum Gasteiger partial charge on any atom is 0.124 e. The van der Waals surface area contributed by atoms with Crippen molar-refractivity contribution in [2.75, 3.05) is 19.5 Å². The first-order valence-corrected chi connectivity index (χ1v) is 6.52. The highest BCUT2D eigenvalue weighted by atomic mass is 16.5. The van der Waals surface area contributed by atoms with E-state index in [1.165, 1.54) is 19.3 Å². The summed E-state index contributed by atoms with van der Waals surface area (Å²) < 4.78 is 10.6. The molecule has 1 N–H and O–H groups in total. The van der Waals surface area contributed by atoms with Gasteiger partial charge in [-0.2, -0.15) is 0 Å². The molecule has 1 saturated carbocycles. The largest absolute Gasteiger partial charge is 0.497 e. The monoisotopic (exact) mass is 249 g/mol. The van der Waals surface area contributed by atoms with E-state index in [1.54, 1.807) is 14.2 Å². The maximum absolute atomic E-state index is 5.28. The number of nitrogens with one attached hydrogen (secondary N) is 1. The molecule has 1 unspecified atom stereocenters. The molecule has 0 aromatic heterocycles. The van der Waals surface area contributed by atoms with Crippen molar-refractivity contribution in [3.05, 3.63) is 18.2 Å². The summed E-state index contributed by atoms with van der Waals surface area (Å²) in [6, 6.07) is 6.49. The summed E-state index contributed by atoms with van der Waals surface area (Å²) in [5.41, 5.74) is 1.54. The number of benzene rings is 1. The topological polar surface area (TPSA) is 30.5 Å². The molecular formula is C15H23NO2. The Balaban J connectivity index is 2.09. The number of anilines is 1. The van der Waals surface area contributed by atoms with E-state index in [-0.39, 0.29) is 0 Å². The van der Waals surface area contributed by atoms with Gasteiger partial charge in [-0.3, -0.25) is 0 Å². The molecule has 100 valence electrons. The second-order valence-electron chi connectivity index (χ2n) is 5.85. The third-order valence-corrected chi connectivity index (χ3v) is 3.69. The molecule has 0 saturated heterocycles. The highest BCUT2D eigenvalue weighted by molar-refractivity contribution is 5.54. The molecule has 0 heterocycles. The van der Waals surface area contributed by atoms with Crippen LogP contribution in [0, 0.1) is 5.41 Å². The first-order chi connectivity index (χ1) is 8.52. The van der Waals surface area contributed by atoms with Gasteiger partial charge < -0.3 is 14.8 Å². The lowest BCUT2D eigenvalue weighted by Gasteiger charge is -2.19. The predicted octanol–water partition coefficient (Wildman–Crippen LogP) is 3.69. The fourth-order valence-corrected chi connectivity index (χ4v) is 2.69. The van der Waals surface area contributed by atoms with Gasteiger partial charge in [0.25, 0.3) is 0 Å². The lowest BCUT2D eigenvalue weighted by atomic mass is 9.92. The first kappa shape index (κ1) is 13.1. The minimum atomic E-state index is 0.459. The predicted molar refractivity (Wildman–Crippen MR) is 74.6 cm³/mol. The Morgan fingerprint density at radius 3 is 2.17 bits per heavy atom. The summed E-state index contributed by atoms with van der Waals surface area (Å²) in [6.07, 6.45) is 3.73. The molecule has 1 fully saturated rings. The van der Waals surface area contributed by atoms with Crippen LogP contribution in [0.25, 0.3) is 0 Å². The van der Waals surface area contributed by atoms with E-state index in [1.807, 2.05) is 18.2 Å². The van der Waals surface area contributed by atoms with E-state index in [0.29, 0.717) is 11.5 Å². The van der Waals surface area contributed by atoms with Gasteiger partial charge in [-0.05, 0) is 24.7 Å². The Morgan fingerprint density at radius 2 is 1.72 bits per heavy atom. The van der Waals surface area contributed by atoms with Crippen molar-refractivity contribution in [1.82, 2.24) is 0 Å². The molecule has 3 nitrogen and oxygen atoms in total. The van der Waals surface area contributed by atoms with Crippen LogP contribution in [0.3, 0.4) is 0 Å². The zero-order valence-corrected chi connectivity index (χ0v) is 11.7. The fraction of sp³-hybridized carbons (Fsp3) is 0.600. The van der Waals surface area contributed by atoms with Gasteiger partial charge >= 0.3 is 0 Å². The van der Waals surface area contributed by atoms with Crippen LogP contribution in [0.1, 0.15) is 33.1 Å².